The highest BCUT2D eigenvalue weighted by Crippen LogP contribution is 2.33. The summed E-state index contributed by atoms with van der Waals surface area (Å²) in [6.07, 6.45) is 5.62. The fourth-order valence-electron chi connectivity index (χ4n) is 9.54. The van der Waals surface area contributed by atoms with Crippen LogP contribution in [0.5, 0.6) is 0 Å². The topological polar surface area (TPSA) is 230 Å². The third kappa shape index (κ3) is 15.4. The quantitative estimate of drug-likeness (QED) is 0.0533. The first kappa shape index (κ1) is 55.3. The van der Waals surface area contributed by atoms with Crippen LogP contribution in [-0.2, 0) is 39.9 Å². The molecule has 2 aromatic carbocycles. The predicted octanol–water partition coefficient (Wildman–Crippen LogP) is 6.38. The van der Waals surface area contributed by atoms with E-state index in [-0.39, 0.29) is 63.8 Å². The number of likely N-dealkylation sites (tertiary alicyclic amines) is 1. The van der Waals surface area contributed by atoms with Crippen LogP contribution in [0.25, 0.3) is 31.8 Å². The summed E-state index contributed by atoms with van der Waals surface area (Å²) in [5.41, 5.74) is 7.83. The van der Waals surface area contributed by atoms with Crippen LogP contribution in [0.2, 0.25) is 0 Å². The van der Waals surface area contributed by atoms with Gasteiger partial charge in [0.25, 0.3) is 0 Å². The SMILES string of the molecule is Cc1ncc(-c2ccc3nc(NC(=O)CN4CCN(CCOCCOCC(=O)N[C@H](C(=O)N5C[C@H](O)C[C@H]5C(=O)NCc5ccc(-c6scnc6C)cc5)C(C)(C)C)CC4)sc3c2)cc1NC(=O)OC1CCCCC1. The number of β-amino-alcohol motifs (C(OH)–C–C–N with tert-alkyl or cyclic N) is 1. The van der Waals surface area contributed by atoms with Gasteiger partial charge in [0.15, 0.2) is 5.13 Å². The summed E-state index contributed by atoms with van der Waals surface area (Å²) < 4.78 is 18.0. The number of nitrogens with zero attached hydrogens (tertiary/aromatic N) is 6. The summed E-state index contributed by atoms with van der Waals surface area (Å²) in [4.78, 5) is 86.7. The number of aliphatic hydroxyl groups is 1. The van der Waals surface area contributed by atoms with Crippen molar-refractivity contribution < 1.29 is 43.3 Å². The lowest BCUT2D eigenvalue weighted by Crippen LogP contribution is -2.58. The lowest BCUT2D eigenvalue weighted by Gasteiger charge is -2.35. The van der Waals surface area contributed by atoms with E-state index in [0.29, 0.717) is 29.7 Å². The standard InChI is InChI=1S/C54H70N10O9S2/c1-34-43(59-53(70)73-41-9-7-6-8-10-41)25-39(29-55-34)38-15-16-42-45(26-38)75-52(58-42)61-46(66)31-63-19-17-62(18-20-63)21-22-71-23-24-72-32-47(67)60-49(54(3,4)5)51(69)64-30-40(65)27-44(64)50(68)56-28-36-11-13-37(14-12-36)48-35(2)57-33-74-48/h11-16,25-26,29,33,40-41,44,49,65H,6-10,17-24,27-28,30-32H2,1-5H3,(H,56,68)(H,59,70)(H,60,67)(H,58,61,66)/t40-,44+,49-/m1/s1. The molecule has 5 N–H and O–H groups in total. The van der Waals surface area contributed by atoms with Gasteiger partial charge in [-0.3, -0.25) is 39.3 Å². The summed E-state index contributed by atoms with van der Waals surface area (Å²) >= 11 is 2.98. The Hall–Kier alpha value is -5.94. The highest BCUT2D eigenvalue weighted by molar-refractivity contribution is 7.22. The van der Waals surface area contributed by atoms with Crippen LogP contribution in [0.3, 0.4) is 0 Å². The molecule has 3 fully saturated rings. The van der Waals surface area contributed by atoms with Gasteiger partial charge in [-0.15, -0.1) is 11.3 Å². The molecule has 75 heavy (non-hydrogen) atoms. The Morgan fingerprint density at radius 1 is 0.827 bits per heavy atom. The van der Waals surface area contributed by atoms with E-state index < -0.39 is 41.5 Å². The van der Waals surface area contributed by atoms with Crippen molar-refractivity contribution in [1.29, 1.82) is 0 Å². The molecule has 3 atom stereocenters. The van der Waals surface area contributed by atoms with Gasteiger partial charge >= 0.3 is 6.09 Å². The number of aliphatic hydroxyl groups excluding tert-OH is 1. The number of fused-ring (bicyclic) bond motifs is 1. The van der Waals surface area contributed by atoms with E-state index >= 15 is 0 Å². The predicted molar refractivity (Wildman–Crippen MR) is 289 cm³/mol. The number of aromatic nitrogens is 3. The Labute approximate surface area is 446 Å². The molecule has 0 radical (unpaired) electrons. The number of anilines is 2. The first-order chi connectivity index (χ1) is 36.1. The molecule has 5 aromatic rings. The number of carbonyl (C=O) groups excluding carboxylic acids is 5. The molecule has 3 aromatic heterocycles. The first-order valence-electron chi connectivity index (χ1n) is 25.9. The van der Waals surface area contributed by atoms with E-state index in [1.54, 1.807) is 17.5 Å². The lowest BCUT2D eigenvalue weighted by atomic mass is 9.85. The minimum absolute atomic E-state index is 0.0182. The van der Waals surface area contributed by atoms with Crippen LogP contribution < -0.4 is 21.3 Å². The molecule has 2 aliphatic heterocycles. The highest BCUT2D eigenvalue weighted by Gasteiger charge is 2.44. The summed E-state index contributed by atoms with van der Waals surface area (Å²) in [6.45, 7) is 14.2. The van der Waals surface area contributed by atoms with Crippen molar-refractivity contribution in [3.8, 4) is 21.6 Å². The summed E-state index contributed by atoms with van der Waals surface area (Å²) in [5, 5.41) is 22.7. The van der Waals surface area contributed by atoms with E-state index in [4.69, 9.17) is 14.2 Å². The molecule has 2 saturated heterocycles. The number of pyridine rings is 1. The van der Waals surface area contributed by atoms with Crippen LogP contribution in [0.4, 0.5) is 15.6 Å². The Morgan fingerprint density at radius 2 is 1.56 bits per heavy atom. The molecule has 5 amide bonds. The lowest BCUT2D eigenvalue weighted by molar-refractivity contribution is -0.144. The molecule has 21 heteroatoms. The maximum atomic E-state index is 14.0. The number of ether oxygens (including phenoxy) is 3. The molecule has 0 bridgehead atoms. The zero-order chi connectivity index (χ0) is 53.1. The van der Waals surface area contributed by atoms with Crippen LogP contribution in [0.15, 0.2) is 60.2 Å². The Morgan fingerprint density at radius 3 is 2.29 bits per heavy atom. The van der Waals surface area contributed by atoms with Gasteiger partial charge in [0.1, 0.15) is 24.8 Å². The number of nitrogens with one attached hydrogen (secondary N) is 4. The van der Waals surface area contributed by atoms with E-state index in [1.807, 2.05) is 88.7 Å². The van der Waals surface area contributed by atoms with Crippen molar-refractivity contribution in [2.24, 2.45) is 5.41 Å². The van der Waals surface area contributed by atoms with E-state index in [0.717, 1.165) is 94.9 Å². The number of amides is 5. The van der Waals surface area contributed by atoms with Gasteiger partial charge in [0, 0.05) is 64.0 Å². The van der Waals surface area contributed by atoms with Gasteiger partial charge in [-0.2, -0.15) is 0 Å². The Kier molecular flexibility index (Phi) is 19.0. The average Bonchev–Trinajstić information content (AvgIpc) is 4.13. The molecular weight excluding hydrogens is 997 g/mol. The molecule has 0 spiro atoms. The van der Waals surface area contributed by atoms with Crippen molar-refractivity contribution in [2.75, 3.05) is 82.9 Å². The summed E-state index contributed by atoms with van der Waals surface area (Å²) in [7, 11) is 0. The van der Waals surface area contributed by atoms with Crippen LogP contribution in [0, 0.1) is 19.3 Å². The fourth-order valence-corrected chi connectivity index (χ4v) is 11.3. The third-order valence-electron chi connectivity index (χ3n) is 13.8. The zero-order valence-electron chi connectivity index (χ0n) is 43.5. The van der Waals surface area contributed by atoms with Gasteiger partial charge in [-0.25, -0.2) is 14.8 Å². The minimum Gasteiger partial charge on any atom is -0.446 e. The molecule has 0 unspecified atom stereocenters. The second kappa shape index (κ2) is 25.7. The largest absolute Gasteiger partial charge is 0.446 e. The fraction of sp³-hybridized carbons (Fsp3) is 0.519. The van der Waals surface area contributed by atoms with Crippen molar-refractivity contribution in [1.82, 2.24) is 40.3 Å². The number of carbonyl (C=O) groups is 5. The van der Waals surface area contributed by atoms with Gasteiger partial charge in [-0.1, -0.05) is 68.9 Å². The third-order valence-corrected chi connectivity index (χ3v) is 15.7. The van der Waals surface area contributed by atoms with Crippen molar-refractivity contribution in [2.45, 2.75) is 104 Å². The molecule has 402 valence electrons. The van der Waals surface area contributed by atoms with E-state index in [1.165, 1.54) is 22.7 Å². The highest BCUT2D eigenvalue weighted by atomic mass is 32.1. The number of piperazine rings is 1. The van der Waals surface area contributed by atoms with Crippen molar-refractivity contribution in [3.05, 3.63) is 77.2 Å². The van der Waals surface area contributed by atoms with E-state index in [2.05, 4.69) is 46.0 Å². The molecule has 19 nitrogen and oxygen atoms in total. The smallest absolute Gasteiger partial charge is 0.411 e. The molecule has 1 saturated carbocycles. The average molecular weight is 1070 g/mol. The van der Waals surface area contributed by atoms with Gasteiger partial charge in [-0.05, 0) is 79.8 Å². The molecule has 8 rings (SSSR count). The maximum Gasteiger partial charge on any atom is 0.411 e. The zero-order valence-corrected chi connectivity index (χ0v) is 45.2. The number of benzene rings is 2. The Balaban J connectivity index is 0.699. The molecule has 3 aliphatic rings. The first-order valence-corrected chi connectivity index (χ1v) is 27.6. The number of hydrogen-bond donors (Lipinski definition) is 5. The summed E-state index contributed by atoms with van der Waals surface area (Å²) in [5.74, 6) is -1.42. The second-order valence-electron chi connectivity index (χ2n) is 20.6. The van der Waals surface area contributed by atoms with Gasteiger partial charge < -0.3 is 40.2 Å². The maximum absolute atomic E-state index is 14.0. The molecular formula is C54H70N10O9S2. The van der Waals surface area contributed by atoms with Crippen molar-refractivity contribution >= 4 is 73.4 Å². The molecule has 5 heterocycles. The molecule has 1 aliphatic carbocycles. The normalized spacial score (nSPS) is 18.2. The van der Waals surface area contributed by atoms with Crippen LogP contribution in [0.1, 0.15) is 76.2 Å². The summed E-state index contributed by atoms with van der Waals surface area (Å²) in [6, 6.07) is 13.8. The number of aryl methyl sites for hydroxylation is 2. The second-order valence-corrected chi connectivity index (χ2v) is 22.5. The van der Waals surface area contributed by atoms with Gasteiger partial charge in [0.05, 0.1) is 70.1 Å². The number of hydrogen-bond acceptors (Lipinski definition) is 16. The number of rotatable bonds is 20. The van der Waals surface area contributed by atoms with E-state index in [9.17, 15) is 29.1 Å². The Bertz CT molecular complexity index is 2770. The minimum atomic E-state index is -0.968. The number of thiazole rings is 2. The van der Waals surface area contributed by atoms with Gasteiger partial charge in [0.2, 0.25) is 23.6 Å². The monoisotopic (exact) mass is 1070 g/mol. The van der Waals surface area contributed by atoms with Crippen LogP contribution in [-0.4, -0.2) is 161 Å². The van der Waals surface area contributed by atoms with Crippen LogP contribution >= 0.6 is 22.7 Å². The van der Waals surface area contributed by atoms with Crippen molar-refractivity contribution in [3.63, 3.8) is 0 Å².